The Kier molecular flexibility index (Phi) is 26.8. The lowest BCUT2D eigenvalue weighted by Gasteiger charge is -2.06. The van der Waals surface area contributed by atoms with E-state index in [1.165, 1.54) is 89.9 Å². The highest BCUT2D eigenvalue weighted by Crippen LogP contribution is 2.12. The van der Waals surface area contributed by atoms with Crippen LogP contribution in [0.15, 0.2) is 0 Å². The summed E-state index contributed by atoms with van der Waals surface area (Å²) >= 11 is 0. The van der Waals surface area contributed by atoms with Gasteiger partial charge < -0.3 is 6.15 Å². The molecule has 0 aliphatic heterocycles. The van der Waals surface area contributed by atoms with Crippen molar-refractivity contribution in [2.45, 2.75) is 142 Å². The molecular formula is C24H54NO4S+. The smallest absolute Gasteiger partial charge is 0.369 e. The normalized spacial score (nSPS) is 11.5. The van der Waals surface area contributed by atoms with E-state index in [1.807, 2.05) is 0 Å². The number of hydrogen-bond donors (Lipinski definition) is 1. The van der Waals surface area contributed by atoms with Crippen LogP contribution in [0.4, 0.5) is 0 Å². The summed E-state index contributed by atoms with van der Waals surface area (Å²) in [6, 6.07) is 0. The van der Waals surface area contributed by atoms with Gasteiger partial charge in [0, 0.05) is 0 Å². The van der Waals surface area contributed by atoms with Gasteiger partial charge in [-0.2, -0.15) is 8.42 Å². The average molecular weight is 453 g/mol. The van der Waals surface area contributed by atoms with E-state index in [9.17, 15) is 8.42 Å². The van der Waals surface area contributed by atoms with Gasteiger partial charge in [-0.05, 0) is 12.8 Å². The topological polar surface area (TPSA) is 89.1 Å². The molecule has 0 aromatic heterocycles. The summed E-state index contributed by atoms with van der Waals surface area (Å²) in [5.74, 6) is 0. The van der Waals surface area contributed by atoms with Crippen molar-refractivity contribution in [2.24, 2.45) is 0 Å². The summed E-state index contributed by atoms with van der Waals surface area (Å²) in [6.07, 6.45) is 24.4. The molecule has 0 radical (unpaired) electrons. The molecule has 184 valence electrons. The van der Waals surface area contributed by atoms with Gasteiger partial charge in [-0.1, -0.05) is 129 Å². The Morgan fingerprint density at radius 1 is 0.433 bits per heavy atom. The summed E-state index contributed by atoms with van der Waals surface area (Å²) in [6.45, 7) is 4.98. The minimum absolute atomic E-state index is 0. The fraction of sp³-hybridized carbons (Fsp3) is 1.00. The summed E-state index contributed by atoms with van der Waals surface area (Å²) < 4.78 is 33.3. The van der Waals surface area contributed by atoms with Crippen molar-refractivity contribution in [1.82, 2.24) is 6.15 Å². The zero-order valence-electron chi connectivity index (χ0n) is 20.6. The van der Waals surface area contributed by atoms with Crippen LogP contribution in [-0.4, -0.2) is 21.6 Å². The maximum atomic E-state index is 11.7. The molecule has 0 aromatic carbocycles. The third-order valence-corrected chi connectivity index (χ3v) is 6.36. The lowest BCUT2D eigenvalue weighted by atomic mass is 10.1. The zero-order chi connectivity index (χ0) is 21.5. The molecule has 0 aliphatic carbocycles. The molecule has 0 aromatic rings. The molecule has 0 amide bonds. The van der Waals surface area contributed by atoms with Gasteiger partial charge in [0.1, 0.15) is 0 Å². The van der Waals surface area contributed by atoms with Crippen LogP contribution >= 0.6 is 0 Å². The third-order valence-electron chi connectivity index (χ3n) is 5.45. The van der Waals surface area contributed by atoms with Crippen molar-refractivity contribution in [1.29, 1.82) is 0 Å². The molecule has 0 aliphatic rings. The summed E-state index contributed by atoms with van der Waals surface area (Å²) in [5, 5.41) is 0. The van der Waals surface area contributed by atoms with Crippen molar-refractivity contribution >= 4 is 10.4 Å². The second kappa shape index (κ2) is 25.1. The Labute approximate surface area is 189 Å². The van der Waals surface area contributed by atoms with Crippen LogP contribution in [0, 0.1) is 0 Å². The molecule has 30 heavy (non-hydrogen) atoms. The first-order valence-corrected chi connectivity index (χ1v) is 14.0. The Morgan fingerprint density at radius 3 is 0.933 bits per heavy atom. The van der Waals surface area contributed by atoms with E-state index in [-0.39, 0.29) is 19.4 Å². The largest absolute Gasteiger partial charge is 0.399 e. The van der Waals surface area contributed by atoms with Gasteiger partial charge in [-0.25, -0.2) is 8.37 Å². The Hall–Kier alpha value is -0.170. The van der Waals surface area contributed by atoms with Crippen molar-refractivity contribution in [2.75, 3.05) is 13.2 Å². The molecule has 0 bridgehead atoms. The Morgan fingerprint density at radius 2 is 0.667 bits per heavy atom. The lowest BCUT2D eigenvalue weighted by molar-refractivity contribution is 0.208. The molecule has 0 unspecified atom stereocenters. The van der Waals surface area contributed by atoms with Crippen molar-refractivity contribution in [3.05, 3.63) is 0 Å². The van der Waals surface area contributed by atoms with Crippen LogP contribution in [0.5, 0.6) is 0 Å². The number of unbranched alkanes of at least 4 members (excludes halogenated alkanes) is 18. The number of rotatable bonds is 24. The molecular weight excluding hydrogens is 398 g/mol. The van der Waals surface area contributed by atoms with E-state index in [4.69, 9.17) is 8.37 Å². The maximum Gasteiger partial charge on any atom is 0.399 e. The van der Waals surface area contributed by atoms with Gasteiger partial charge in [0.05, 0.1) is 13.2 Å². The molecule has 0 fully saturated rings. The fourth-order valence-corrected chi connectivity index (χ4v) is 4.25. The predicted octanol–water partition coefficient (Wildman–Crippen LogP) is 8.48. The Bertz CT molecular complexity index is 383. The minimum atomic E-state index is -3.80. The van der Waals surface area contributed by atoms with Crippen LogP contribution in [0.3, 0.4) is 0 Å². The van der Waals surface area contributed by atoms with Crippen LogP contribution in [-0.2, 0) is 18.8 Å². The second-order valence-corrected chi connectivity index (χ2v) is 9.70. The van der Waals surface area contributed by atoms with Crippen molar-refractivity contribution in [3.63, 3.8) is 0 Å². The molecule has 4 N–H and O–H groups in total. The quantitative estimate of drug-likeness (QED) is 0.149. The average Bonchev–Trinajstić information content (AvgIpc) is 2.70. The summed E-state index contributed by atoms with van der Waals surface area (Å²) in [4.78, 5) is 0. The van der Waals surface area contributed by atoms with Crippen LogP contribution in [0.25, 0.3) is 0 Å². The molecule has 6 heteroatoms. The zero-order valence-corrected chi connectivity index (χ0v) is 21.4. The van der Waals surface area contributed by atoms with Crippen LogP contribution in [0.2, 0.25) is 0 Å². The van der Waals surface area contributed by atoms with Crippen molar-refractivity contribution < 1.29 is 16.8 Å². The van der Waals surface area contributed by atoms with Gasteiger partial charge in [0.2, 0.25) is 0 Å². The molecule has 0 saturated heterocycles. The molecule has 0 heterocycles. The molecule has 0 rings (SSSR count). The van der Waals surface area contributed by atoms with Gasteiger partial charge in [-0.3, -0.25) is 0 Å². The summed E-state index contributed by atoms with van der Waals surface area (Å²) in [5.41, 5.74) is 0. The second-order valence-electron chi connectivity index (χ2n) is 8.42. The predicted molar refractivity (Wildman–Crippen MR) is 130 cm³/mol. The molecule has 0 atom stereocenters. The fourth-order valence-electron chi connectivity index (χ4n) is 3.53. The van der Waals surface area contributed by atoms with E-state index in [2.05, 4.69) is 13.8 Å². The van der Waals surface area contributed by atoms with E-state index >= 15 is 0 Å². The Balaban J connectivity index is 0. The maximum absolute atomic E-state index is 11.7. The molecule has 0 spiro atoms. The van der Waals surface area contributed by atoms with E-state index in [0.29, 0.717) is 0 Å². The first-order valence-electron chi connectivity index (χ1n) is 12.7. The highest BCUT2D eigenvalue weighted by atomic mass is 32.3. The van der Waals surface area contributed by atoms with Gasteiger partial charge >= 0.3 is 10.4 Å². The van der Waals surface area contributed by atoms with Gasteiger partial charge in [-0.15, -0.1) is 0 Å². The summed E-state index contributed by atoms with van der Waals surface area (Å²) in [7, 11) is -3.80. The van der Waals surface area contributed by atoms with Gasteiger partial charge in [0.15, 0.2) is 0 Å². The van der Waals surface area contributed by atoms with Crippen LogP contribution in [0.1, 0.15) is 142 Å². The molecule has 0 saturated carbocycles. The first kappa shape index (κ1) is 32.0. The molecule has 5 nitrogen and oxygen atoms in total. The van der Waals surface area contributed by atoms with Crippen LogP contribution < -0.4 is 6.15 Å². The first-order chi connectivity index (χ1) is 14.1. The standard InChI is InChI=1S/C24H50O4S.H3N/c1-3-5-7-9-11-13-15-17-19-21-23-27-29(25,26)28-24-22-20-18-16-14-12-10-8-6-4-2;/h3-24H2,1-2H3;1H3/p+1. The minimum Gasteiger partial charge on any atom is -0.369 e. The van der Waals surface area contributed by atoms with E-state index in [1.54, 1.807) is 0 Å². The SMILES string of the molecule is CCCCCCCCCCCCOS(=O)(=O)OCCCCCCCCCCCC.[NH4+]. The monoisotopic (exact) mass is 452 g/mol. The number of hydrogen-bond acceptors (Lipinski definition) is 4. The lowest BCUT2D eigenvalue weighted by Crippen LogP contribution is -2.12. The highest BCUT2D eigenvalue weighted by Gasteiger charge is 2.11. The van der Waals surface area contributed by atoms with Crippen molar-refractivity contribution in [3.8, 4) is 0 Å². The third kappa shape index (κ3) is 25.9. The highest BCUT2D eigenvalue weighted by molar-refractivity contribution is 7.81. The number of quaternary nitrogens is 1. The van der Waals surface area contributed by atoms with Gasteiger partial charge in [0.25, 0.3) is 0 Å². The van der Waals surface area contributed by atoms with E-state index < -0.39 is 10.4 Å². The van der Waals surface area contributed by atoms with E-state index in [0.717, 1.165) is 38.5 Å².